The first kappa shape index (κ1) is 23.3. The molecule has 38 valence electrons. The van der Waals surface area contributed by atoms with E-state index in [4.69, 9.17) is 15.0 Å². The van der Waals surface area contributed by atoms with Gasteiger partial charge in [0.15, 0.2) is 0 Å². The van der Waals surface area contributed by atoms with E-state index in [1.54, 1.807) is 0 Å². The average molecular weight is 210 g/mol. The summed E-state index contributed by atoms with van der Waals surface area (Å²) in [7, 11) is 0. The first-order chi connectivity index (χ1) is 1.73. The number of rotatable bonds is 0. The van der Waals surface area contributed by atoms with E-state index >= 15 is 0 Å². The van der Waals surface area contributed by atoms with Crippen molar-refractivity contribution in [1.82, 2.24) is 6.15 Å². The first-order valence-corrected chi connectivity index (χ1v) is 0.651. The summed E-state index contributed by atoms with van der Waals surface area (Å²) in [6.45, 7) is 0. The zero-order valence-corrected chi connectivity index (χ0v) is 9.59. The molecule has 6 heteroatoms. The molecule has 0 radical (unpaired) electrons. The van der Waals surface area contributed by atoms with E-state index in [9.17, 15) is 0 Å². The molecule has 0 spiro atoms. The summed E-state index contributed by atoms with van der Waals surface area (Å²) in [5, 5.41) is 13.9. The summed E-state index contributed by atoms with van der Waals surface area (Å²) < 4.78 is 0. The number of carboxylic acid groups (broad SMARTS) is 2. The standard InChI is InChI=1S/CH2O3.K.H3N.Zr.H/c2-1(3)4;;;;/h(H2,2,3,4);;1H3;;/q;+1;;;-1. The number of hydrogen-bond acceptors (Lipinski definition) is 2. The Labute approximate surface area is 104 Å². The van der Waals surface area contributed by atoms with Gasteiger partial charge in [0.25, 0.3) is 0 Å². The molecule has 5 N–H and O–H groups in total. The van der Waals surface area contributed by atoms with Crippen LogP contribution in [0.25, 0.3) is 0 Å². The van der Waals surface area contributed by atoms with Crippen LogP contribution in [0.15, 0.2) is 0 Å². The molecule has 4 nitrogen and oxygen atoms in total. The van der Waals surface area contributed by atoms with Crippen LogP contribution >= 0.6 is 0 Å². The summed E-state index contributed by atoms with van der Waals surface area (Å²) in [4.78, 5) is 8.56. The van der Waals surface area contributed by atoms with E-state index in [0.717, 1.165) is 0 Å². The molecule has 0 aliphatic carbocycles. The van der Waals surface area contributed by atoms with Crippen LogP contribution in [0.5, 0.6) is 0 Å². The summed E-state index contributed by atoms with van der Waals surface area (Å²) in [5.41, 5.74) is 0. The van der Waals surface area contributed by atoms with Gasteiger partial charge in [-0.05, 0) is 0 Å². The largest absolute Gasteiger partial charge is 1.00 e. The molecule has 0 amide bonds. The molecule has 0 saturated carbocycles. The second kappa shape index (κ2) is 15.7. The van der Waals surface area contributed by atoms with Crippen molar-refractivity contribution in [1.29, 1.82) is 0 Å². The minimum atomic E-state index is -1.83. The molecule has 0 aliphatic rings. The van der Waals surface area contributed by atoms with Gasteiger partial charge in [-0.15, -0.1) is 0 Å². The smallest absolute Gasteiger partial charge is 1.00 e. The van der Waals surface area contributed by atoms with Gasteiger partial charge in [-0.25, -0.2) is 4.79 Å². The van der Waals surface area contributed by atoms with Gasteiger partial charge in [0.2, 0.25) is 0 Å². The van der Waals surface area contributed by atoms with E-state index in [-0.39, 0.29) is 85.2 Å². The van der Waals surface area contributed by atoms with Crippen molar-refractivity contribution >= 4 is 6.16 Å². The predicted molar refractivity (Wildman–Crippen MR) is 16.8 cm³/mol. The molecule has 0 aliphatic heterocycles. The molecule has 0 bridgehead atoms. The van der Waals surface area contributed by atoms with Gasteiger partial charge < -0.3 is 17.8 Å². The van der Waals surface area contributed by atoms with Gasteiger partial charge in [-0.1, -0.05) is 0 Å². The van der Waals surface area contributed by atoms with Crippen LogP contribution in [-0.4, -0.2) is 16.4 Å². The van der Waals surface area contributed by atoms with Crippen LogP contribution in [-0.2, 0) is 26.2 Å². The summed E-state index contributed by atoms with van der Waals surface area (Å²) in [5.74, 6) is 0. The summed E-state index contributed by atoms with van der Waals surface area (Å²) >= 11 is 0. The Hall–Kier alpha value is 1.75. The average Bonchev–Trinajstić information content (AvgIpc) is 0.811. The second-order valence-corrected chi connectivity index (χ2v) is 0.283. The van der Waals surface area contributed by atoms with Crippen molar-refractivity contribution < 1.29 is 94.0 Å². The van der Waals surface area contributed by atoms with Gasteiger partial charge >= 0.3 is 57.5 Å². The molecule has 7 heavy (non-hydrogen) atoms. The maximum atomic E-state index is 8.56. The fourth-order valence-electron chi connectivity index (χ4n) is 0. The third-order valence-electron chi connectivity index (χ3n) is 0. The molecule has 0 aromatic heterocycles. The van der Waals surface area contributed by atoms with Crippen molar-refractivity contribution in [3.63, 3.8) is 0 Å². The molecular weight excluding hydrogens is 204 g/mol. The van der Waals surface area contributed by atoms with Crippen molar-refractivity contribution in [3.05, 3.63) is 0 Å². The zero-order chi connectivity index (χ0) is 3.58. The molecule has 0 atom stereocenters. The van der Waals surface area contributed by atoms with Gasteiger partial charge in [-0.3, -0.25) is 0 Å². The van der Waals surface area contributed by atoms with Crippen LogP contribution in [0.4, 0.5) is 4.79 Å². The van der Waals surface area contributed by atoms with Crippen molar-refractivity contribution in [2.75, 3.05) is 0 Å². The molecule has 0 saturated heterocycles. The monoisotopic (exact) mass is 209 g/mol. The third-order valence-corrected chi connectivity index (χ3v) is 0. The van der Waals surface area contributed by atoms with Crippen molar-refractivity contribution in [3.8, 4) is 0 Å². The fraction of sp³-hybridized carbons (Fsp3) is 0. The Morgan fingerprint density at radius 3 is 1.43 bits per heavy atom. The van der Waals surface area contributed by atoms with Crippen LogP contribution in [0.2, 0.25) is 0 Å². The van der Waals surface area contributed by atoms with E-state index in [0.29, 0.717) is 0 Å². The van der Waals surface area contributed by atoms with E-state index < -0.39 is 6.16 Å². The molecule has 0 heterocycles. The predicted octanol–water partition coefficient (Wildman–Crippen LogP) is -2.50. The van der Waals surface area contributed by atoms with Gasteiger partial charge in [0, 0.05) is 26.2 Å². The minimum Gasteiger partial charge on any atom is -1.00 e. The topological polar surface area (TPSA) is 92.5 Å². The van der Waals surface area contributed by atoms with Crippen molar-refractivity contribution in [2.24, 2.45) is 0 Å². The Balaban J connectivity index is -0.00000000750. The van der Waals surface area contributed by atoms with Crippen LogP contribution in [0.3, 0.4) is 0 Å². The maximum Gasteiger partial charge on any atom is 1.00 e. The Morgan fingerprint density at radius 2 is 1.43 bits per heavy atom. The van der Waals surface area contributed by atoms with Gasteiger partial charge in [0.05, 0.1) is 0 Å². The van der Waals surface area contributed by atoms with Crippen LogP contribution in [0.1, 0.15) is 1.43 Å². The molecular formula is CH6KNO3Zr. The fourth-order valence-corrected chi connectivity index (χ4v) is 0. The first-order valence-electron chi connectivity index (χ1n) is 0.651. The zero-order valence-electron chi connectivity index (χ0n) is 5.01. The Bertz CT molecular complexity index is 42.3. The molecule has 0 fully saturated rings. The second-order valence-electron chi connectivity index (χ2n) is 0.283. The molecule has 0 aromatic rings. The maximum absolute atomic E-state index is 8.56. The van der Waals surface area contributed by atoms with Gasteiger partial charge in [-0.2, -0.15) is 0 Å². The quantitative estimate of drug-likeness (QED) is 0.385. The third kappa shape index (κ3) is 83.7. The molecule has 0 rings (SSSR count). The Morgan fingerprint density at radius 1 is 1.43 bits per heavy atom. The summed E-state index contributed by atoms with van der Waals surface area (Å²) in [6.07, 6.45) is -1.83. The minimum absolute atomic E-state index is 0. The van der Waals surface area contributed by atoms with Crippen LogP contribution in [0, 0.1) is 0 Å². The summed E-state index contributed by atoms with van der Waals surface area (Å²) in [6, 6.07) is 0. The normalized spacial score (nSPS) is 3.43. The van der Waals surface area contributed by atoms with E-state index in [1.165, 1.54) is 0 Å². The van der Waals surface area contributed by atoms with E-state index in [1.807, 2.05) is 0 Å². The van der Waals surface area contributed by atoms with Crippen LogP contribution < -0.4 is 57.5 Å². The number of hydrogen-bond donors (Lipinski definition) is 3. The molecule has 0 unspecified atom stereocenters. The molecule has 0 aromatic carbocycles. The number of carbonyl (C=O) groups is 1. The van der Waals surface area contributed by atoms with Crippen molar-refractivity contribution in [2.45, 2.75) is 0 Å². The van der Waals surface area contributed by atoms with Gasteiger partial charge in [0.1, 0.15) is 0 Å². The Kier molecular flexibility index (Phi) is 52.1. The van der Waals surface area contributed by atoms with E-state index in [2.05, 4.69) is 0 Å². The SMILES string of the molecule is N.O=C(O)O.[H-].[K+].[Zr].